The lowest BCUT2D eigenvalue weighted by molar-refractivity contribution is -0.142. The average Bonchev–Trinajstić information content (AvgIpc) is 3.55. The Kier molecular flexibility index (Phi) is 8.49. The molecule has 2 unspecified atom stereocenters. The molecule has 3 heterocycles. The number of rotatable bonds is 11. The fourth-order valence-corrected chi connectivity index (χ4v) is 9.48. The van der Waals surface area contributed by atoms with Gasteiger partial charge in [0, 0.05) is 16.1 Å². The van der Waals surface area contributed by atoms with E-state index in [1.165, 1.54) is 0 Å². The Morgan fingerprint density at radius 3 is 2.17 bits per heavy atom. The van der Waals surface area contributed by atoms with Crippen molar-refractivity contribution in [3.8, 4) is 11.5 Å². The number of likely N-dealkylation sites (tertiary alicyclic amines) is 1. The number of benzene rings is 2. The number of thioether (sulfide) groups is 1. The van der Waals surface area contributed by atoms with Crippen molar-refractivity contribution in [3.05, 3.63) is 48.5 Å². The quantitative estimate of drug-likeness (QED) is 0.349. The van der Waals surface area contributed by atoms with Crippen LogP contribution in [0.25, 0.3) is 0 Å². The van der Waals surface area contributed by atoms with Gasteiger partial charge in [0.1, 0.15) is 17.5 Å². The van der Waals surface area contributed by atoms with E-state index < -0.39 is 33.4 Å². The lowest BCUT2D eigenvalue weighted by Gasteiger charge is -2.39. The molecule has 5 rings (SSSR count). The van der Waals surface area contributed by atoms with Crippen LogP contribution >= 0.6 is 11.8 Å². The number of anilines is 2. The number of hydrogen-bond acceptors (Lipinski definition) is 7. The second-order valence-electron chi connectivity index (χ2n) is 11.8. The molecule has 42 heavy (non-hydrogen) atoms. The first kappa shape index (κ1) is 30.2. The van der Waals surface area contributed by atoms with Crippen molar-refractivity contribution in [1.82, 2.24) is 4.90 Å². The van der Waals surface area contributed by atoms with Crippen molar-refractivity contribution in [2.24, 2.45) is 17.8 Å². The number of aliphatic hydroxyl groups is 1. The fourth-order valence-electron chi connectivity index (χ4n) is 7.14. The van der Waals surface area contributed by atoms with Crippen LogP contribution in [0.1, 0.15) is 47.0 Å². The highest BCUT2D eigenvalue weighted by Crippen LogP contribution is 2.71. The van der Waals surface area contributed by atoms with Crippen LogP contribution in [0.2, 0.25) is 0 Å². The number of amides is 3. The molecule has 2 aromatic carbocycles. The smallest absolute Gasteiger partial charge is 0.248 e. The second-order valence-corrected chi connectivity index (χ2v) is 13.7. The highest BCUT2D eigenvalue weighted by Gasteiger charge is 2.77. The third-order valence-electron chi connectivity index (χ3n) is 9.38. The lowest BCUT2D eigenvalue weighted by atomic mass is 9.66. The second kappa shape index (κ2) is 11.8. The van der Waals surface area contributed by atoms with E-state index in [2.05, 4.69) is 10.6 Å². The summed E-state index contributed by atoms with van der Waals surface area (Å²) in [5.74, 6) is -0.741. The maximum absolute atomic E-state index is 14.5. The van der Waals surface area contributed by atoms with Crippen molar-refractivity contribution in [2.45, 2.75) is 68.5 Å². The largest absolute Gasteiger partial charge is 0.497 e. The van der Waals surface area contributed by atoms with Gasteiger partial charge in [-0.1, -0.05) is 20.3 Å². The normalized spacial score (nSPS) is 29.1. The van der Waals surface area contributed by atoms with Gasteiger partial charge in [-0.25, -0.2) is 0 Å². The molecule has 0 aromatic heterocycles. The number of nitrogens with zero attached hydrogens (tertiary/aromatic N) is 1. The zero-order valence-electron chi connectivity index (χ0n) is 24.9. The van der Waals surface area contributed by atoms with E-state index in [0.29, 0.717) is 42.3 Å². The van der Waals surface area contributed by atoms with Crippen molar-refractivity contribution < 1.29 is 29.0 Å². The molecule has 3 amide bonds. The number of hydrogen-bond donors (Lipinski definition) is 3. The standard InChI is InChI=1S/C32H41N3O6S/c1-6-19(3)24(18-36)35-27(29(38)34-21-8-12-22(40-5)13-9-21)32-17-16-31(4,42-32)25(26(32)30(35)39)28(37)33-20-10-14-23(15-11-20)41-7-2/h8-15,19,24-27,36H,6-7,16-18H2,1-5H3,(H,33,37)(H,34,38)/t19-,24-,25-,26-,27?,31+,32?/m0/s1. The Morgan fingerprint density at radius 1 is 1.02 bits per heavy atom. The molecule has 0 radical (unpaired) electrons. The summed E-state index contributed by atoms with van der Waals surface area (Å²) >= 11 is 1.61. The molecule has 0 saturated carbocycles. The van der Waals surface area contributed by atoms with Crippen molar-refractivity contribution in [2.75, 3.05) is 31.0 Å². The van der Waals surface area contributed by atoms with Gasteiger partial charge in [-0.3, -0.25) is 14.4 Å². The fraction of sp³-hybridized carbons (Fsp3) is 0.531. The van der Waals surface area contributed by atoms with E-state index in [4.69, 9.17) is 9.47 Å². The molecular weight excluding hydrogens is 554 g/mol. The van der Waals surface area contributed by atoms with Crippen molar-refractivity contribution >= 4 is 40.9 Å². The molecule has 3 aliphatic rings. The lowest BCUT2D eigenvalue weighted by Crippen LogP contribution is -2.56. The van der Waals surface area contributed by atoms with E-state index in [1.54, 1.807) is 72.3 Å². The van der Waals surface area contributed by atoms with E-state index in [1.807, 2.05) is 27.7 Å². The summed E-state index contributed by atoms with van der Waals surface area (Å²) in [7, 11) is 1.58. The predicted octanol–water partition coefficient (Wildman–Crippen LogP) is 4.56. The van der Waals surface area contributed by atoms with E-state index in [9.17, 15) is 19.5 Å². The zero-order chi connectivity index (χ0) is 30.2. The van der Waals surface area contributed by atoms with Gasteiger partial charge in [0.25, 0.3) is 0 Å². The van der Waals surface area contributed by atoms with Crippen LogP contribution in [-0.2, 0) is 14.4 Å². The minimum absolute atomic E-state index is 0.0422. The molecule has 9 nitrogen and oxygen atoms in total. The van der Waals surface area contributed by atoms with Gasteiger partial charge < -0.3 is 30.1 Å². The van der Waals surface area contributed by atoms with Crippen molar-refractivity contribution in [3.63, 3.8) is 0 Å². The molecule has 226 valence electrons. The molecule has 2 aromatic rings. The summed E-state index contributed by atoms with van der Waals surface area (Å²) in [5, 5.41) is 16.6. The number of aliphatic hydroxyl groups excluding tert-OH is 1. The highest BCUT2D eigenvalue weighted by atomic mass is 32.2. The van der Waals surface area contributed by atoms with Gasteiger partial charge in [0.05, 0.1) is 42.9 Å². The van der Waals surface area contributed by atoms with Crippen LogP contribution < -0.4 is 20.1 Å². The third kappa shape index (κ3) is 5.02. The number of carbonyl (C=O) groups is 3. The van der Waals surface area contributed by atoms with Crippen molar-refractivity contribution in [1.29, 1.82) is 0 Å². The molecular formula is C32H41N3O6S. The van der Waals surface area contributed by atoms with Crippen LogP contribution in [-0.4, -0.2) is 69.6 Å². The van der Waals surface area contributed by atoms with Crippen LogP contribution in [0.4, 0.5) is 11.4 Å². The first-order valence-electron chi connectivity index (χ1n) is 14.7. The summed E-state index contributed by atoms with van der Waals surface area (Å²) in [6.45, 7) is 8.23. The first-order valence-corrected chi connectivity index (χ1v) is 15.6. The van der Waals surface area contributed by atoms with E-state index in [-0.39, 0.29) is 30.2 Å². The van der Waals surface area contributed by atoms with Gasteiger partial charge in [-0.05, 0) is 81.1 Å². The molecule has 3 fully saturated rings. The molecule has 7 atom stereocenters. The van der Waals surface area contributed by atoms with Crippen LogP contribution in [0.5, 0.6) is 11.5 Å². The highest BCUT2D eigenvalue weighted by molar-refractivity contribution is 8.02. The number of fused-ring (bicyclic) bond motifs is 1. The predicted molar refractivity (Wildman–Crippen MR) is 164 cm³/mol. The summed E-state index contributed by atoms with van der Waals surface area (Å²) in [6.07, 6.45) is 2.06. The molecule has 1 spiro atoms. The maximum atomic E-state index is 14.5. The molecule has 10 heteroatoms. The Hall–Kier alpha value is -3.24. The Bertz CT molecular complexity index is 1320. The number of carbonyl (C=O) groups excluding carboxylic acids is 3. The van der Waals surface area contributed by atoms with Gasteiger partial charge >= 0.3 is 0 Å². The van der Waals surface area contributed by atoms with Crippen LogP contribution in [0.15, 0.2) is 48.5 Å². The van der Waals surface area contributed by atoms with Crippen LogP contribution in [0.3, 0.4) is 0 Å². The zero-order valence-corrected chi connectivity index (χ0v) is 25.7. The van der Waals surface area contributed by atoms with E-state index in [0.717, 1.165) is 6.42 Å². The summed E-state index contributed by atoms with van der Waals surface area (Å²) in [4.78, 5) is 44.3. The van der Waals surface area contributed by atoms with Crippen LogP contribution in [0, 0.1) is 17.8 Å². The van der Waals surface area contributed by atoms with Gasteiger partial charge in [0.15, 0.2) is 0 Å². The molecule has 2 bridgehead atoms. The van der Waals surface area contributed by atoms with E-state index >= 15 is 0 Å². The topological polar surface area (TPSA) is 117 Å². The Morgan fingerprint density at radius 2 is 1.62 bits per heavy atom. The summed E-state index contributed by atoms with van der Waals surface area (Å²) < 4.78 is 9.48. The van der Waals surface area contributed by atoms with Gasteiger partial charge in [-0.2, -0.15) is 0 Å². The minimum atomic E-state index is -0.835. The Balaban J connectivity index is 1.50. The summed E-state index contributed by atoms with van der Waals surface area (Å²) in [5.41, 5.74) is 1.21. The Labute approximate surface area is 251 Å². The number of methoxy groups -OCH3 is 1. The molecule has 0 aliphatic carbocycles. The number of nitrogens with one attached hydrogen (secondary N) is 2. The molecule has 3 N–H and O–H groups in total. The SMILES string of the molecule is CCOc1ccc(NC(=O)[C@@H]2[C@H]3C(=O)N([C@@H](CO)[C@@H](C)CC)C(C(=O)Nc4ccc(OC)cc4)C34CC[C@@]2(C)S4)cc1. The average molecular weight is 596 g/mol. The number of ether oxygens (including phenoxy) is 2. The monoisotopic (exact) mass is 595 g/mol. The third-order valence-corrected chi connectivity index (χ3v) is 11.4. The minimum Gasteiger partial charge on any atom is -0.497 e. The first-order chi connectivity index (χ1) is 20.1. The summed E-state index contributed by atoms with van der Waals surface area (Å²) in [6, 6.07) is 12.9. The molecule has 3 saturated heterocycles. The van der Waals surface area contributed by atoms with Gasteiger partial charge in [-0.15, -0.1) is 11.8 Å². The van der Waals surface area contributed by atoms with Gasteiger partial charge in [0.2, 0.25) is 17.7 Å². The molecule has 3 aliphatic heterocycles. The maximum Gasteiger partial charge on any atom is 0.248 e.